The van der Waals surface area contributed by atoms with E-state index in [2.05, 4.69) is 9.46 Å². The summed E-state index contributed by atoms with van der Waals surface area (Å²) in [5.41, 5.74) is -0.126. The summed E-state index contributed by atoms with van der Waals surface area (Å²) in [6, 6.07) is 6.85. The van der Waals surface area contributed by atoms with E-state index in [0.717, 1.165) is 31.4 Å². The molecule has 0 saturated carbocycles. The number of sulfonamides is 1. The zero-order chi connectivity index (χ0) is 25.6. The number of rotatable bonds is 11. The van der Waals surface area contributed by atoms with Crippen LogP contribution in [0.15, 0.2) is 47.4 Å². The number of non-ortho nitro benzene ring substituents is 1. The van der Waals surface area contributed by atoms with Crippen LogP contribution in [-0.2, 0) is 19.6 Å². The van der Waals surface area contributed by atoms with Crippen molar-refractivity contribution in [2.75, 3.05) is 7.11 Å². The molecule has 34 heavy (non-hydrogen) atoms. The quantitative estimate of drug-likeness (QED) is 0.271. The minimum Gasteiger partial charge on any atom is -0.487 e. The fraction of sp³-hybridized carbons (Fsp3) is 0.409. The molecule has 11 nitrogen and oxygen atoms in total. The van der Waals surface area contributed by atoms with Gasteiger partial charge in [0.1, 0.15) is 12.1 Å². The lowest BCUT2D eigenvalue weighted by molar-refractivity contribution is -0.384. The van der Waals surface area contributed by atoms with Gasteiger partial charge in [0.25, 0.3) is 5.69 Å². The van der Waals surface area contributed by atoms with E-state index in [9.17, 15) is 28.4 Å². The van der Waals surface area contributed by atoms with Crippen molar-refractivity contribution in [2.24, 2.45) is 0 Å². The Morgan fingerprint density at radius 1 is 1.00 bits per heavy atom. The lowest BCUT2D eigenvalue weighted by atomic mass is 10.0. The normalized spacial score (nSPS) is 13.4. The van der Waals surface area contributed by atoms with E-state index in [1.54, 1.807) is 19.9 Å². The summed E-state index contributed by atoms with van der Waals surface area (Å²) in [6.45, 7) is 7.28. The predicted octanol–water partition coefficient (Wildman–Crippen LogP) is 2.72. The summed E-state index contributed by atoms with van der Waals surface area (Å²) in [4.78, 5) is 22.2. The summed E-state index contributed by atoms with van der Waals surface area (Å²) in [5.74, 6) is -0.311. The fourth-order valence-electron chi connectivity index (χ4n) is 2.95. The van der Waals surface area contributed by atoms with Gasteiger partial charge in [0.05, 0.1) is 29.1 Å². The van der Waals surface area contributed by atoms with Crippen molar-refractivity contribution in [2.45, 2.75) is 56.9 Å². The van der Waals surface area contributed by atoms with Gasteiger partial charge in [-0.3, -0.25) is 14.9 Å². The number of ether oxygens (including phenoxy) is 3. The van der Waals surface area contributed by atoms with Crippen LogP contribution in [0.3, 0.4) is 0 Å². The number of hydrogen-bond acceptors (Lipinski definition) is 9. The molecule has 0 radical (unpaired) electrons. The number of carbonyl (C=O) groups is 1. The zero-order valence-corrected chi connectivity index (χ0v) is 20.2. The SMILES string of the molecule is COC(=O)C(NS(=O)(=O)c1ccc([N+](=O)[O-])cc1)C(O)c1ccc(OC(C)C)c(OC(C)C)c1. The third kappa shape index (κ3) is 6.89. The summed E-state index contributed by atoms with van der Waals surface area (Å²) >= 11 is 0. The average molecular weight is 497 g/mol. The molecule has 0 fully saturated rings. The average Bonchev–Trinajstić information content (AvgIpc) is 2.77. The third-order valence-corrected chi connectivity index (χ3v) is 5.90. The van der Waals surface area contributed by atoms with Crippen LogP contribution in [0.4, 0.5) is 5.69 Å². The summed E-state index contributed by atoms with van der Waals surface area (Å²) in [5, 5.41) is 21.7. The zero-order valence-electron chi connectivity index (χ0n) is 19.4. The Balaban J connectivity index is 2.41. The van der Waals surface area contributed by atoms with Gasteiger partial charge in [-0.15, -0.1) is 0 Å². The molecule has 2 atom stereocenters. The fourth-order valence-corrected chi connectivity index (χ4v) is 4.14. The van der Waals surface area contributed by atoms with Crippen LogP contribution in [-0.4, -0.2) is 49.8 Å². The van der Waals surface area contributed by atoms with E-state index in [1.165, 1.54) is 12.1 Å². The van der Waals surface area contributed by atoms with Crippen LogP contribution in [0, 0.1) is 10.1 Å². The van der Waals surface area contributed by atoms with Gasteiger partial charge >= 0.3 is 5.97 Å². The Morgan fingerprint density at radius 3 is 2.06 bits per heavy atom. The highest BCUT2D eigenvalue weighted by Gasteiger charge is 2.34. The van der Waals surface area contributed by atoms with Gasteiger partial charge in [-0.25, -0.2) is 8.42 Å². The standard InChI is InChI=1S/C22H28N2O9S/c1-13(2)32-18-11-6-15(12-19(18)33-14(3)4)21(25)20(22(26)31-5)23-34(29,30)17-9-7-16(8-10-17)24(27)28/h6-14,20-21,23,25H,1-5H3. The van der Waals surface area contributed by atoms with E-state index >= 15 is 0 Å². The summed E-state index contributed by atoms with van der Waals surface area (Å²) < 4.78 is 43.9. The molecule has 0 amide bonds. The molecule has 0 aliphatic heterocycles. The van der Waals surface area contributed by atoms with Crippen LogP contribution in [0.2, 0.25) is 0 Å². The topological polar surface area (TPSA) is 154 Å². The molecule has 12 heteroatoms. The molecule has 2 unspecified atom stereocenters. The highest BCUT2D eigenvalue weighted by Crippen LogP contribution is 2.33. The van der Waals surface area contributed by atoms with Crippen LogP contribution in [0.25, 0.3) is 0 Å². The number of aliphatic hydroxyl groups is 1. The Kier molecular flexibility index (Phi) is 8.96. The first-order valence-corrected chi connectivity index (χ1v) is 11.8. The Bertz CT molecular complexity index is 1120. The number of aliphatic hydroxyl groups excluding tert-OH is 1. The van der Waals surface area contributed by atoms with Crippen LogP contribution in [0.1, 0.15) is 39.4 Å². The molecule has 0 bridgehead atoms. The van der Waals surface area contributed by atoms with Gasteiger partial charge in [0.2, 0.25) is 10.0 Å². The molecule has 2 aromatic carbocycles. The predicted molar refractivity (Wildman–Crippen MR) is 122 cm³/mol. The highest BCUT2D eigenvalue weighted by atomic mass is 32.2. The number of methoxy groups -OCH3 is 1. The second-order valence-corrected chi connectivity index (χ2v) is 9.57. The number of carbonyl (C=O) groups excluding carboxylic acids is 1. The first-order valence-electron chi connectivity index (χ1n) is 10.4. The van der Waals surface area contributed by atoms with Gasteiger partial charge in [0.15, 0.2) is 11.5 Å². The number of hydrogen-bond donors (Lipinski definition) is 2. The highest BCUT2D eigenvalue weighted by molar-refractivity contribution is 7.89. The van der Waals surface area contributed by atoms with Gasteiger partial charge in [0, 0.05) is 12.1 Å². The lowest BCUT2D eigenvalue weighted by Crippen LogP contribution is -2.45. The second-order valence-electron chi connectivity index (χ2n) is 7.86. The van der Waals surface area contributed by atoms with Crippen molar-refractivity contribution >= 4 is 21.7 Å². The van der Waals surface area contributed by atoms with E-state index in [4.69, 9.17) is 9.47 Å². The van der Waals surface area contributed by atoms with E-state index in [0.29, 0.717) is 11.5 Å². The van der Waals surface area contributed by atoms with Gasteiger partial charge in [-0.1, -0.05) is 6.07 Å². The molecule has 0 heterocycles. The minimum atomic E-state index is -4.35. The van der Waals surface area contributed by atoms with Crippen molar-refractivity contribution in [3.63, 3.8) is 0 Å². The molecular weight excluding hydrogens is 468 g/mol. The first kappa shape index (κ1) is 27.0. The second kappa shape index (κ2) is 11.3. The molecule has 0 saturated heterocycles. The molecule has 0 aliphatic carbocycles. The molecular formula is C22H28N2O9S. The smallest absolute Gasteiger partial charge is 0.326 e. The summed E-state index contributed by atoms with van der Waals surface area (Å²) in [7, 11) is -3.30. The van der Waals surface area contributed by atoms with E-state index < -0.39 is 33.1 Å². The van der Waals surface area contributed by atoms with Crippen LogP contribution >= 0.6 is 0 Å². The van der Waals surface area contributed by atoms with Gasteiger partial charge < -0.3 is 19.3 Å². The minimum absolute atomic E-state index is 0.151. The largest absolute Gasteiger partial charge is 0.487 e. The molecule has 2 rings (SSSR count). The number of esters is 1. The van der Waals surface area contributed by atoms with Gasteiger partial charge in [-0.05, 0) is 57.5 Å². The number of benzene rings is 2. The van der Waals surface area contributed by atoms with E-state index in [1.807, 2.05) is 13.8 Å². The van der Waals surface area contributed by atoms with Crippen molar-refractivity contribution in [1.82, 2.24) is 4.72 Å². The van der Waals surface area contributed by atoms with E-state index in [-0.39, 0.29) is 28.4 Å². The molecule has 186 valence electrons. The van der Waals surface area contributed by atoms with Crippen molar-refractivity contribution < 1.29 is 37.5 Å². The third-order valence-electron chi connectivity index (χ3n) is 4.45. The maximum Gasteiger partial charge on any atom is 0.326 e. The van der Waals surface area contributed by atoms with Crippen molar-refractivity contribution in [3.05, 3.63) is 58.1 Å². The number of nitro groups is 1. The summed E-state index contributed by atoms with van der Waals surface area (Å²) in [6.07, 6.45) is -2.02. The molecule has 2 N–H and O–H groups in total. The maximum absolute atomic E-state index is 12.8. The Hall–Kier alpha value is -3.22. The molecule has 2 aromatic rings. The lowest BCUT2D eigenvalue weighted by Gasteiger charge is -2.24. The number of nitro benzene ring substituents is 1. The molecule has 0 aliphatic rings. The molecule has 0 aromatic heterocycles. The Labute approximate surface area is 197 Å². The Morgan fingerprint density at radius 2 is 1.56 bits per heavy atom. The maximum atomic E-state index is 12.8. The number of nitrogens with one attached hydrogen (secondary N) is 1. The van der Waals surface area contributed by atoms with Gasteiger partial charge in [-0.2, -0.15) is 4.72 Å². The van der Waals surface area contributed by atoms with Crippen molar-refractivity contribution in [1.29, 1.82) is 0 Å². The molecule has 0 spiro atoms. The van der Waals surface area contributed by atoms with Crippen LogP contribution in [0.5, 0.6) is 11.5 Å². The first-order chi connectivity index (χ1) is 15.9. The monoisotopic (exact) mass is 496 g/mol. The van der Waals surface area contributed by atoms with Crippen molar-refractivity contribution in [3.8, 4) is 11.5 Å². The number of nitrogens with zero attached hydrogens (tertiary/aromatic N) is 1. The van der Waals surface area contributed by atoms with Crippen LogP contribution < -0.4 is 14.2 Å².